The number of imidazole rings is 1. The van der Waals surface area contributed by atoms with E-state index in [2.05, 4.69) is 10.3 Å². The Morgan fingerprint density at radius 1 is 1.24 bits per heavy atom. The molecule has 0 fully saturated rings. The third-order valence-corrected chi connectivity index (χ3v) is 3.84. The molecule has 126 valence electrons. The Kier molecular flexibility index (Phi) is 3.74. The van der Waals surface area contributed by atoms with Crippen LogP contribution in [-0.2, 0) is 6.54 Å². The number of benzene rings is 2. The first-order valence-electron chi connectivity index (χ1n) is 7.68. The minimum Gasteiger partial charge on any atom is -0.507 e. The molecule has 0 saturated heterocycles. The van der Waals surface area contributed by atoms with E-state index in [0.717, 1.165) is 5.56 Å². The maximum Gasteiger partial charge on any atom is 0.259 e. The van der Waals surface area contributed by atoms with Gasteiger partial charge in [0.2, 0.25) is 6.79 Å². The van der Waals surface area contributed by atoms with E-state index >= 15 is 0 Å². The number of aromatic hydroxyl groups is 1. The van der Waals surface area contributed by atoms with Crippen molar-refractivity contribution in [3.8, 4) is 17.2 Å². The first kappa shape index (κ1) is 15.1. The smallest absolute Gasteiger partial charge is 0.259 e. The summed E-state index contributed by atoms with van der Waals surface area (Å²) in [6, 6.07) is 10.4. The van der Waals surface area contributed by atoms with Gasteiger partial charge < -0.3 is 24.5 Å². The summed E-state index contributed by atoms with van der Waals surface area (Å²) in [6.45, 7) is 0.731. The molecule has 4 rings (SSSR count). The van der Waals surface area contributed by atoms with Crippen LogP contribution < -0.4 is 14.8 Å². The minimum atomic E-state index is -0.421. The second kappa shape index (κ2) is 6.20. The molecule has 1 amide bonds. The third-order valence-electron chi connectivity index (χ3n) is 3.84. The van der Waals surface area contributed by atoms with Crippen molar-refractivity contribution in [3.05, 3.63) is 66.2 Å². The molecule has 0 atom stereocenters. The van der Waals surface area contributed by atoms with Gasteiger partial charge in [-0.3, -0.25) is 4.79 Å². The van der Waals surface area contributed by atoms with E-state index < -0.39 is 5.91 Å². The molecule has 0 unspecified atom stereocenters. The number of rotatable bonds is 4. The molecule has 0 spiro atoms. The Hall–Kier alpha value is -3.48. The fourth-order valence-electron chi connectivity index (χ4n) is 2.65. The molecule has 0 saturated carbocycles. The number of phenols is 1. The zero-order valence-electron chi connectivity index (χ0n) is 13.2. The molecule has 2 N–H and O–H groups in total. The van der Waals surface area contributed by atoms with Crippen molar-refractivity contribution < 1.29 is 19.4 Å². The van der Waals surface area contributed by atoms with Crippen molar-refractivity contribution in [3.63, 3.8) is 0 Å². The molecular formula is C18H15N3O4. The van der Waals surface area contributed by atoms with Gasteiger partial charge in [0.05, 0.1) is 11.9 Å². The zero-order chi connectivity index (χ0) is 17.2. The number of hydrogen-bond donors (Lipinski definition) is 2. The van der Waals surface area contributed by atoms with Gasteiger partial charge in [0, 0.05) is 36.8 Å². The average Bonchev–Trinajstić information content (AvgIpc) is 3.25. The molecular weight excluding hydrogens is 322 g/mol. The lowest BCUT2D eigenvalue weighted by atomic mass is 10.1. The Balaban J connectivity index is 1.53. The molecule has 2 aromatic carbocycles. The second-order valence-electron chi connectivity index (χ2n) is 5.61. The van der Waals surface area contributed by atoms with E-state index in [1.165, 1.54) is 12.1 Å². The lowest BCUT2D eigenvalue weighted by Gasteiger charge is -2.10. The Bertz CT molecular complexity index is 922. The van der Waals surface area contributed by atoms with E-state index in [1.54, 1.807) is 18.6 Å². The summed E-state index contributed by atoms with van der Waals surface area (Å²) in [5.74, 6) is 0.292. The molecule has 1 aromatic heterocycles. The van der Waals surface area contributed by atoms with Crippen molar-refractivity contribution in [1.82, 2.24) is 9.55 Å². The van der Waals surface area contributed by atoms with E-state index in [-0.39, 0.29) is 18.1 Å². The monoisotopic (exact) mass is 337 g/mol. The van der Waals surface area contributed by atoms with E-state index in [4.69, 9.17) is 9.47 Å². The van der Waals surface area contributed by atoms with E-state index in [9.17, 15) is 9.90 Å². The molecule has 7 heteroatoms. The van der Waals surface area contributed by atoms with Gasteiger partial charge in [-0.05, 0) is 17.7 Å². The molecule has 1 aliphatic heterocycles. The number of phenolic OH excluding ortho intramolecular Hbond substituents is 1. The topological polar surface area (TPSA) is 85.6 Å². The summed E-state index contributed by atoms with van der Waals surface area (Å²) in [7, 11) is 0. The van der Waals surface area contributed by atoms with Crippen LogP contribution in [0.2, 0.25) is 0 Å². The number of carbonyl (C=O) groups excluding carboxylic acids is 1. The average molecular weight is 337 g/mol. The number of fused-ring (bicyclic) bond motifs is 1. The number of anilines is 1. The number of ether oxygens (including phenoxy) is 2. The number of amides is 1. The molecule has 0 radical (unpaired) electrons. The highest BCUT2D eigenvalue weighted by molar-refractivity contribution is 6.06. The third kappa shape index (κ3) is 3.12. The van der Waals surface area contributed by atoms with Crippen LogP contribution in [0.5, 0.6) is 17.2 Å². The van der Waals surface area contributed by atoms with Gasteiger partial charge in [-0.2, -0.15) is 0 Å². The number of aromatic nitrogens is 2. The summed E-state index contributed by atoms with van der Waals surface area (Å²) in [4.78, 5) is 16.5. The molecule has 0 bridgehead atoms. The van der Waals surface area contributed by atoms with Crippen LogP contribution in [0.15, 0.2) is 55.1 Å². The highest BCUT2D eigenvalue weighted by Gasteiger charge is 2.20. The van der Waals surface area contributed by atoms with Crippen LogP contribution >= 0.6 is 0 Å². The Morgan fingerprint density at radius 3 is 2.88 bits per heavy atom. The number of hydrogen-bond acceptors (Lipinski definition) is 5. The van der Waals surface area contributed by atoms with Gasteiger partial charge in [0.15, 0.2) is 11.5 Å². The van der Waals surface area contributed by atoms with Crippen LogP contribution in [0.4, 0.5) is 5.69 Å². The highest BCUT2D eigenvalue weighted by atomic mass is 16.7. The van der Waals surface area contributed by atoms with Gasteiger partial charge in [0.1, 0.15) is 5.75 Å². The fourth-order valence-corrected chi connectivity index (χ4v) is 2.65. The van der Waals surface area contributed by atoms with Crippen molar-refractivity contribution in [2.75, 3.05) is 12.1 Å². The summed E-state index contributed by atoms with van der Waals surface area (Å²) < 4.78 is 12.4. The normalized spacial score (nSPS) is 12.2. The summed E-state index contributed by atoms with van der Waals surface area (Å²) >= 11 is 0. The standard InChI is InChI=1S/C18H15N3O4/c22-15-8-17-16(24-11-25-17)7-14(15)18(23)20-13-3-1-2-12(6-13)9-21-5-4-19-10-21/h1-8,10,22H,9,11H2,(H,20,23). The second-order valence-corrected chi connectivity index (χ2v) is 5.61. The predicted octanol–water partition coefficient (Wildman–Crippen LogP) is 2.62. The Morgan fingerprint density at radius 2 is 2.08 bits per heavy atom. The van der Waals surface area contributed by atoms with E-state index in [1.807, 2.05) is 29.0 Å². The van der Waals surface area contributed by atoms with Crippen molar-refractivity contribution >= 4 is 11.6 Å². The number of carbonyl (C=O) groups is 1. The van der Waals surface area contributed by atoms with Crippen molar-refractivity contribution in [2.24, 2.45) is 0 Å². The van der Waals surface area contributed by atoms with Gasteiger partial charge in [0.25, 0.3) is 5.91 Å². The highest BCUT2D eigenvalue weighted by Crippen LogP contribution is 2.37. The van der Waals surface area contributed by atoms with Gasteiger partial charge in [-0.1, -0.05) is 12.1 Å². The van der Waals surface area contributed by atoms with E-state index in [0.29, 0.717) is 23.7 Å². The lowest BCUT2D eigenvalue weighted by Crippen LogP contribution is -2.12. The summed E-state index contributed by atoms with van der Waals surface area (Å²) in [5.41, 5.74) is 1.79. The quantitative estimate of drug-likeness (QED) is 0.764. The summed E-state index contributed by atoms with van der Waals surface area (Å²) in [5, 5.41) is 12.8. The molecule has 0 aliphatic carbocycles. The van der Waals surface area contributed by atoms with Crippen molar-refractivity contribution in [2.45, 2.75) is 6.54 Å². The zero-order valence-corrected chi connectivity index (χ0v) is 13.2. The Labute approximate surface area is 143 Å². The van der Waals surface area contributed by atoms with Crippen LogP contribution in [-0.4, -0.2) is 27.4 Å². The molecule has 25 heavy (non-hydrogen) atoms. The van der Waals surface area contributed by atoms with Gasteiger partial charge in [-0.15, -0.1) is 0 Å². The van der Waals surface area contributed by atoms with Crippen molar-refractivity contribution in [1.29, 1.82) is 0 Å². The molecule has 2 heterocycles. The number of nitrogens with zero attached hydrogens (tertiary/aromatic N) is 2. The molecule has 3 aromatic rings. The van der Waals surface area contributed by atoms with Gasteiger partial charge >= 0.3 is 0 Å². The predicted molar refractivity (Wildman–Crippen MR) is 90.0 cm³/mol. The molecule has 1 aliphatic rings. The maximum absolute atomic E-state index is 12.5. The lowest BCUT2D eigenvalue weighted by molar-refractivity contribution is 0.102. The van der Waals surface area contributed by atoms with Crippen LogP contribution in [0.25, 0.3) is 0 Å². The largest absolute Gasteiger partial charge is 0.507 e. The maximum atomic E-state index is 12.5. The first-order chi connectivity index (χ1) is 12.2. The van der Waals surface area contributed by atoms with Gasteiger partial charge in [-0.25, -0.2) is 4.98 Å². The summed E-state index contributed by atoms with van der Waals surface area (Å²) in [6.07, 6.45) is 5.32. The van der Waals surface area contributed by atoms with Crippen LogP contribution in [0, 0.1) is 0 Å². The SMILES string of the molecule is O=C(Nc1cccc(Cn2ccnc2)c1)c1cc2c(cc1O)OCO2. The number of nitrogens with one attached hydrogen (secondary N) is 1. The van der Waals surface area contributed by atoms with Crippen LogP contribution in [0.3, 0.4) is 0 Å². The fraction of sp³-hybridized carbons (Fsp3) is 0.111. The minimum absolute atomic E-state index is 0.0795. The molecule has 7 nitrogen and oxygen atoms in total. The first-order valence-corrected chi connectivity index (χ1v) is 7.68. The van der Waals surface area contributed by atoms with Crippen LogP contribution in [0.1, 0.15) is 15.9 Å².